The van der Waals surface area contributed by atoms with Crippen LogP contribution in [0.4, 0.5) is 5.69 Å². The van der Waals surface area contributed by atoms with Crippen LogP contribution in [0.25, 0.3) is 0 Å². The second-order valence-corrected chi connectivity index (χ2v) is 9.09. The Kier molecular flexibility index (Phi) is 7.01. The molecule has 0 saturated heterocycles. The molecule has 1 amide bonds. The number of halogens is 1. The van der Waals surface area contributed by atoms with Crippen LogP contribution in [0, 0.1) is 17.2 Å². The molecular weight excluding hydrogens is 376 g/mol. The van der Waals surface area contributed by atoms with Crippen molar-refractivity contribution in [3.05, 3.63) is 23.2 Å². The Morgan fingerprint density at radius 3 is 2.65 bits per heavy atom. The molecule has 1 aliphatic rings. The van der Waals surface area contributed by atoms with E-state index in [0.717, 1.165) is 23.7 Å². The summed E-state index contributed by atoms with van der Waals surface area (Å²) in [5.74, 6) is 0.355. The number of amides is 1. The van der Waals surface area contributed by atoms with Crippen LogP contribution in [0.5, 0.6) is 0 Å². The van der Waals surface area contributed by atoms with Crippen LogP contribution in [0.2, 0.25) is 5.02 Å². The normalized spacial score (nSPS) is 14.5. The molecule has 1 aromatic rings. The number of benzene rings is 1. The minimum absolute atomic E-state index is 0.0544. The number of nitrogens with zero attached hydrogens (tertiary/aromatic N) is 3. The van der Waals surface area contributed by atoms with Crippen LogP contribution in [0.1, 0.15) is 19.3 Å². The quantitative estimate of drug-likeness (QED) is 0.687. The zero-order chi connectivity index (χ0) is 19.3. The number of nitrogens with one attached hydrogen (secondary N) is 1. The number of sulfonamides is 1. The lowest BCUT2D eigenvalue weighted by molar-refractivity contribution is -0.117. The van der Waals surface area contributed by atoms with E-state index in [4.69, 9.17) is 16.9 Å². The van der Waals surface area contributed by atoms with Gasteiger partial charge in [0.2, 0.25) is 15.9 Å². The van der Waals surface area contributed by atoms with Crippen LogP contribution in [-0.2, 0) is 14.8 Å². The van der Waals surface area contributed by atoms with E-state index >= 15 is 0 Å². The maximum absolute atomic E-state index is 12.3. The van der Waals surface area contributed by atoms with Gasteiger partial charge in [0, 0.05) is 39.3 Å². The van der Waals surface area contributed by atoms with Crippen molar-refractivity contribution in [3.8, 4) is 6.07 Å². The Labute approximate surface area is 159 Å². The maximum Gasteiger partial charge on any atom is 0.244 e. The van der Waals surface area contributed by atoms with Crippen molar-refractivity contribution in [1.82, 2.24) is 9.21 Å². The van der Waals surface area contributed by atoms with Crippen molar-refractivity contribution < 1.29 is 13.2 Å². The van der Waals surface area contributed by atoms with Crippen molar-refractivity contribution in [2.24, 2.45) is 5.92 Å². The average Bonchev–Trinajstić information content (AvgIpc) is 3.38. The zero-order valence-corrected chi connectivity index (χ0v) is 16.5. The molecule has 0 heterocycles. The van der Waals surface area contributed by atoms with Crippen LogP contribution < -0.4 is 5.32 Å². The highest BCUT2D eigenvalue weighted by molar-refractivity contribution is 7.89. The van der Waals surface area contributed by atoms with Gasteiger partial charge in [-0.1, -0.05) is 11.6 Å². The first-order valence-corrected chi connectivity index (χ1v) is 10.2. The van der Waals surface area contributed by atoms with Gasteiger partial charge in [-0.05, 0) is 37.0 Å². The summed E-state index contributed by atoms with van der Waals surface area (Å²) in [5.41, 5.74) is 0.367. The van der Waals surface area contributed by atoms with Gasteiger partial charge in [-0.2, -0.15) is 5.26 Å². The molecule has 0 aromatic heterocycles. The van der Waals surface area contributed by atoms with Crippen LogP contribution >= 0.6 is 11.6 Å². The van der Waals surface area contributed by atoms with E-state index in [9.17, 15) is 13.2 Å². The fourth-order valence-electron chi connectivity index (χ4n) is 2.49. The summed E-state index contributed by atoms with van der Waals surface area (Å²) in [7, 11) is -0.868. The van der Waals surface area contributed by atoms with Gasteiger partial charge in [0.25, 0.3) is 0 Å². The van der Waals surface area contributed by atoms with Crippen LogP contribution in [0.3, 0.4) is 0 Å². The number of carbonyl (C=O) groups excluding carboxylic acids is 1. The van der Waals surface area contributed by atoms with E-state index in [2.05, 4.69) is 11.4 Å². The van der Waals surface area contributed by atoms with Gasteiger partial charge < -0.3 is 5.32 Å². The van der Waals surface area contributed by atoms with Gasteiger partial charge in [0.1, 0.15) is 4.90 Å². The zero-order valence-electron chi connectivity index (χ0n) is 14.9. The first kappa shape index (κ1) is 20.6. The molecule has 0 aliphatic heterocycles. The summed E-state index contributed by atoms with van der Waals surface area (Å²) < 4.78 is 25.7. The molecule has 142 valence electrons. The molecule has 0 spiro atoms. The Morgan fingerprint density at radius 1 is 1.38 bits per heavy atom. The van der Waals surface area contributed by atoms with Crippen molar-refractivity contribution in [1.29, 1.82) is 5.26 Å². The Bertz CT molecular complexity index is 801. The number of carbonyl (C=O) groups is 1. The summed E-state index contributed by atoms with van der Waals surface area (Å²) in [6.45, 7) is 1.51. The summed E-state index contributed by atoms with van der Waals surface area (Å²) >= 11 is 6.01. The van der Waals surface area contributed by atoms with Crippen molar-refractivity contribution >= 4 is 33.2 Å². The molecule has 1 saturated carbocycles. The van der Waals surface area contributed by atoms with E-state index in [0.29, 0.717) is 24.6 Å². The number of hydrogen-bond acceptors (Lipinski definition) is 5. The largest absolute Gasteiger partial charge is 0.325 e. The Balaban J connectivity index is 2.07. The number of rotatable bonds is 9. The molecule has 0 radical (unpaired) electrons. The minimum atomic E-state index is -3.70. The molecule has 2 rings (SSSR count). The van der Waals surface area contributed by atoms with Gasteiger partial charge in [0.15, 0.2) is 0 Å². The lowest BCUT2D eigenvalue weighted by Gasteiger charge is -2.20. The summed E-state index contributed by atoms with van der Waals surface area (Å²) in [4.78, 5) is 14.2. The molecule has 26 heavy (non-hydrogen) atoms. The first-order valence-electron chi connectivity index (χ1n) is 8.35. The second kappa shape index (κ2) is 8.82. The summed E-state index contributed by atoms with van der Waals surface area (Å²) in [6.07, 6.45) is 2.69. The van der Waals surface area contributed by atoms with Gasteiger partial charge in [-0.15, -0.1) is 0 Å². The van der Waals surface area contributed by atoms with Gasteiger partial charge in [0.05, 0.1) is 17.6 Å². The maximum atomic E-state index is 12.3. The molecule has 7 nitrogen and oxygen atoms in total. The minimum Gasteiger partial charge on any atom is -0.325 e. The second-order valence-electron chi connectivity index (χ2n) is 6.57. The lowest BCUT2D eigenvalue weighted by atomic mass is 10.3. The van der Waals surface area contributed by atoms with E-state index in [1.807, 2.05) is 4.90 Å². The lowest BCUT2D eigenvalue weighted by Crippen LogP contribution is -2.35. The third-order valence-electron chi connectivity index (χ3n) is 4.09. The first-order chi connectivity index (χ1) is 12.2. The van der Waals surface area contributed by atoms with E-state index in [1.54, 1.807) is 6.07 Å². The standard InChI is InChI=1S/C17H23ClN4O3S/c1-21(2)26(24,25)16-10-14(6-7-15(16)18)20-17(23)12-22(9-3-8-19)11-13-4-5-13/h6-7,10,13H,3-5,9,11-12H2,1-2H3,(H,20,23). The Morgan fingerprint density at radius 2 is 2.08 bits per heavy atom. The van der Waals surface area contributed by atoms with E-state index in [1.165, 1.54) is 26.2 Å². The van der Waals surface area contributed by atoms with E-state index in [-0.39, 0.29) is 22.4 Å². The SMILES string of the molecule is CN(C)S(=O)(=O)c1cc(NC(=O)CN(CCC#N)CC2CC2)ccc1Cl. The average molecular weight is 399 g/mol. The third-order valence-corrected chi connectivity index (χ3v) is 6.39. The number of hydrogen-bond donors (Lipinski definition) is 1. The topological polar surface area (TPSA) is 93.5 Å². The van der Waals surface area contributed by atoms with Crippen LogP contribution in [0.15, 0.2) is 23.1 Å². The molecule has 9 heteroatoms. The highest BCUT2D eigenvalue weighted by Crippen LogP contribution is 2.30. The molecule has 0 atom stereocenters. The molecular formula is C17H23ClN4O3S. The monoisotopic (exact) mass is 398 g/mol. The van der Waals surface area contributed by atoms with E-state index < -0.39 is 10.0 Å². The van der Waals surface area contributed by atoms with Gasteiger partial charge in [-0.3, -0.25) is 9.69 Å². The van der Waals surface area contributed by atoms with Crippen molar-refractivity contribution in [2.75, 3.05) is 39.0 Å². The van der Waals surface area contributed by atoms with Gasteiger partial charge >= 0.3 is 0 Å². The highest BCUT2D eigenvalue weighted by atomic mass is 35.5. The predicted molar refractivity (Wildman–Crippen MR) is 100 cm³/mol. The molecule has 1 aliphatic carbocycles. The molecule has 1 N–H and O–H groups in total. The number of nitriles is 1. The Hall–Kier alpha value is -1.66. The smallest absolute Gasteiger partial charge is 0.244 e. The van der Waals surface area contributed by atoms with Crippen molar-refractivity contribution in [2.45, 2.75) is 24.2 Å². The molecule has 0 unspecified atom stereocenters. The predicted octanol–water partition coefficient (Wildman–Crippen LogP) is 2.15. The number of anilines is 1. The highest BCUT2D eigenvalue weighted by Gasteiger charge is 2.25. The molecule has 0 bridgehead atoms. The molecule has 1 fully saturated rings. The van der Waals surface area contributed by atoms with Gasteiger partial charge in [-0.25, -0.2) is 12.7 Å². The summed E-state index contributed by atoms with van der Waals surface area (Å²) in [6, 6.07) is 6.47. The van der Waals surface area contributed by atoms with Crippen LogP contribution in [-0.4, -0.2) is 57.3 Å². The third kappa shape index (κ3) is 5.68. The fourth-order valence-corrected chi connectivity index (χ4v) is 3.88. The molecule has 1 aromatic carbocycles. The summed E-state index contributed by atoms with van der Waals surface area (Å²) in [5, 5.41) is 11.6. The van der Waals surface area contributed by atoms with Crippen molar-refractivity contribution in [3.63, 3.8) is 0 Å². The fraction of sp³-hybridized carbons (Fsp3) is 0.529.